The van der Waals surface area contributed by atoms with Crippen LogP contribution in [0.25, 0.3) is 11.0 Å². The van der Waals surface area contributed by atoms with Crippen molar-refractivity contribution < 1.29 is 18.7 Å². The maximum absolute atomic E-state index is 13.9. The van der Waals surface area contributed by atoms with E-state index in [0.29, 0.717) is 37.0 Å². The maximum Gasteiger partial charge on any atom is 0.348 e. The normalized spacial score (nSPS) is 24.9. The van der Waals surface area contributed by atoms with Gasteiger partial charge in [0.05, 0.1) is 29.4 Å². The first kappa shape index (κ1) is 21.1. The van der Waals surface area contributed by atoms with Crippen LogP contribution in [0.1, 0.15) is 25.7 Å². The molecule has 0 unspecified atom stereocenters. The molecule has 5 rings (SSSR count). The van der Waals surface area contributed by atoms with Gasteiger partial charge in [0, 0.05) is 45.4 Å². The van der Waals surface area contributed by atoms with E-state index in [1.807, 2.05) is 12.1 Å². The molecule has 1 aromatic carbocycles. The number of nitrogens with one attached hydrogen (secondary N) is 1. The number of para-hydroxylation sites is 1. The zero-order valence-corrected chi connectivity index (χ0v) is 18.1. The average molecular weight is 445 g/mol. The summed E-state index contributed by atoms with van der Waals surface area (Å²) < 4.78 is 22.5. The Kier molecular flexibility index (Phi) is 5.50. The largest absolute Gasteiger partial charge is 0.375 e. The number of carbonyl (C=O) groups excluding carboxylic acids is 2. The third-order valence-corrected chi connectivity index (χ3v) is 6.67. The van der Waals surface area contributed by atoms with Crippen molar-refractivity contribution in [2.75, 3.05) is 42.7 Å². The molecule has 3 saturated heterocycles. The van der Waals surface area contributed by atoms with Crippen LogP contribution in [0.2, 0.25) is 0 Å². The standard InChI is InChI=1S/C22H28FN5O4/c1-25-21-16(26-11-14(12-26)13-32-18-8-9-24-10-15(18)23)4-2-5-17(21)27(22(25)31)28-19(29)6-3-7-20(28)30/h2,4-5,14-15,18,24H,3,6-13H2,1H3/t15-,18+/m0/s1. The number of anilines is 1. The first-order chi connectivity index (χ1) is 15.5. The van der Waals surface area contributed by atoms with Gasteiger partial charge in [0.25, 0.3) is 0 Å². The molecule has 2 aromatic rings. The molecule has 0 aliphatic carbocycles. The van der Waals surface area contributed by atoms with Crippen LogP contribution in [0.5, 0.6) is 0 Å². The van der Waals surface area contributed by atoms with Crippen LogP contribution in [-0.2, 0) is 21.4 Å². The molecule has 3 aliphatic heterocycles. The lowest BCUT2D eigenvalue weighted by Gasteiger charge is -2.42. The Morgan fingerprint density at radius 1 is 1.16 bits per heavy atom. The SMILES string of the molecule is Cn1c(=O)n(N2C(=O)CCCC2=O)c2cccc(N3CC(CO[C@@H]4CCNC[C@@H]4F)C3)c21. The van der Waals surface area contributed by atoms with Gasteiger partial charge in [0.2, 0.25) is 11.8 Å². The molecule has 4 heterocycles. The summed E-state index contributed by atoms with van der Waals surface area (Å²) in [6.07, 6.45) is 0.376. The Hall–Kier alpha value is -2.72. The minimum absolute atomic E-state index is 0.249. The van der Waals surface area contributed by atoms with E-state index in [-0.39, 0.29) is 36.7 Å². The van der Waals surface area contributed by atoms with Gasteiger partial charge in [0.15, 0.2) is 0 Å². The van der Waals surface area contributed by atoms with Gasteiger partial charge in [0.1, 0.15) is 6.17 Å². The van der Waals surface area contributed by atoms with Crippen LogP contribution in [0.4, 0.5) is 10.1 Å². The second-order valence-electron chi connectivity index (χ2n) is 8.90. The second kappa shape index (κ2) is 8.32. The van der Waals surface area contributed by atoms with Crippen LogP contribution >= 0.6 is 0 Å². The molecule has 0 saturated carbocycles. The first-order valence-corrected chi connectivity index (χ1v) is 11.2. The van der Waals surface area contributed by atoms with Gasteiger partial charge in [-0.1, -0.05) is 6.07 Å². The second-order valence-corrected chi connectivity index (χ2v) is 8.90. The van der Waals surface area contributed by atoms with Crippen LogP contribution in [0, 0.1) is 5.92 Å². The summed E-state index contributed by atoms with van der Waals surface area (Å²) >= 11 is 0. The predicted octanol–water partition coefficient (Wildman–Crippen LogP) is 0.668. The Morgan fingerprint density at radius 3 is 2.62 bits per heavy atom. The fourth-order valence-corrected chi connectivity index (χ4v) is 4.90. The molecule has 3 aliphatic rings. The van der Waals surface area contributed by atoms with Gasteiger partial charge in [-0.15, -0.1) is 0 Å². The maximum atomic E-state index is 13.9. The molecule has 32 heavy (non-hydrogen) atoms. The molecule has 0 bridgehead atoms. The molecule has 1 N–H and O–H groups in total. The number of ether oxygens (including phenoxy) is 1. The van der Waals surface area contributed by atoms with Gasteiger partial charge in [-0.25, -0.2) is 9.18 Å². The Bertz CT molecular complexity index is 1090. The van der Waals surface area contributed by atoms with Crippen molar-refractivity contribution in [2.45, 2.75) is 38.0 Å². The van der Waals surface area contributed by atoms with E-state index in [9.17, 15) is 18.8 Å². The quantitative estimate of drug-likeness (QED) is 0.681. The third kappa shape index (κ3) is 3.51. The highest BCUT2D eigenvalue weighted by atomic mass is 19.1. The molecule has 0 spiro atoms. The molecular weight excluding hydrogens is 417 g/mol. The Balaban J connectivity index is 1.36. The zero-order chi connectivity index (χ0) is 22.4. The lowest BCUT2D eigenvalue weighted by Crippen LogP contribution is -2.52. The smallest absolute Gasteiger partial charge is 0.348 e. The summed E-state index contributed by atoms with van der Waals surface area (Å²) in [5, 5.41) is 4.03. The number of hydrogen-bond donors (Lipinski definition) is 1. The number of alkyl halides is 1. The molecule has 2 atom stereocenters. The fraction of sp³-hybridized carbons (Fsp3) is 0.591. The topological polar surface area (TPSA) is 88.8 Å². The van der Waals surface area contributed by atoms with Crippen molar-refractivity contribution in [3.63, 3.8) is 0 Å². The molecule has 2 amide bonds. The Morgan fingerprint density at radius 2 is 1.91 bits per heavy atom. The summed E-state index contributed by atoms with van der Waals surface area (Å²) in [7, 11) is 1.66. The molecule has 3 fully saturated rings. The van der Waals surface area contributed by atoms with E-state index < -0.39 is 11.9 Å². The Labute approximate surface area is 184 Å². The van der Waals surface area contributed by atoms with Gasteiger partial charge in [-0.05, 0) is 31.5 Å². The van der Waals surface area contributed by atoms with Crippen molar-refractivity contribution in [2.24, 2.45) is 13.0 Å². The van der Waals surface area contributed by atoms with Crippen LogP contribution in [0.15, 0.2) is 23.0 Å². The minimum atomic E-state index is -0.969. The van der Waals surface area contributed by atoms with Gasteiger partial charge in [-0.3, -0.25) is 14.2 Å². The van der Waals surface area contributed by atoms with Crippen LogP contribution < -0.4 is 20.9 Å². The summed E-state index contributed by atoms with van der Waals surface area (Å²) in [4.78, 5) is 40.1. The lowest BCUT2D eigenvalue weighted by atomic mass is 9.99. The number of hydrogen-bond acceptors (Lipinski definition) is 6. The van der Waals surface area contributed by atoms with E-state index in [0.717, 1.165) is 30.3 Å². The number of carbonyl (C=O) groups is 2. The van der Waals surface area contributed by atoms with Gasteiger partial charge < -0.3 is 15.0 Å². The number of piperidine rings is 2. The number of aromatic nitrogens is 2. The number of amides is 2. The molecule has 1 aromatic heterocycles. The van der Waals surface area contributed by atoms with E-state index in [1.165, 1.54) is 9.24 Å². The molecule has 10 heteroatoms. The summed E-state index contributed by atoms with van der Waals surface area (Å²) in [6.45, 7) is 3.10. The van der Waals surface area contributed by atoms with Crippen LogP contribution in [-0.4, -0.2) is 66.1 Å². The lowest BCUT2D eigenvalue weighted by molar-refractivity contribution is -0.131. The molecular formula is C22H28FN5O4. The predicted molar refractivity (Wildman–Crippen MR) is 117 cm³/mol. The molecule has 9 nitrogen and oxygen atoms in total. The van der Waals surface area contributed by atoms with Crippen LogP contribution in [0.3, 0.4) is 0 Å². The number of imidazole rings is 1. The van der Waals surface area contributed by atoms with Crippen molar-refractivity contribution >= 4 is 28.5 Å². The van der Waals surface area contributed by atoms with Gasteiger partial charge >= 0.3 is 5.69 Å². The molecule has 172 valence electrons. The first-order valence-electron chi connectivity index (χ1n) is 11.2. The van der Waals surface area contributed by atoms with E-state index in [1.54, 1.807) is 13.1 Å². The molecule has 0 radical (unpaired) electrons. The van der Waals surface area contributed by atoms with Crippen molar-refractivity contribution in [3.8, 4) is 0 Å². The third-order valence-electron chi connectivity index (χ3n) is 6.67. The number of fused-ring (bicyclic) bond motifs is 1. The highest BCUT2D eigenvalue weighted by Crippen LogP contribution is 2.32. The number of rotatable bonds is 5. The summed E-state index contributed by atoms with van der Waals surface area (Å²) in [5.74, 6) is -0.422. The van der Waals surface area contributed by atoms with E-state index >= 15 is 0 Å². The van der Waals surface area contributed by atoms with E-state index in [4.69, 9.17) is 4.74 Å². The number of aryl methyl sites for hydroxylation is 1. The number of imide groups is 1. The van der Waals surface area contributed by atoms with Gasteiger partial charge in [-0.2, -0.15) is 9.69 Å². The van der Waals surface area contributed by atoms with Crippen molar-refractivity contribution in [3.05, 3.63) is 28.7 Å². The fourth-order valence-electron chi connectivity index (χ4n) is 4.90. The minimum Gasteiger partial charge on any atom is -0.375 e. The van der Waals surface area contributed by atoms with Crippen molar-refractivity contribution in [1.29, 1.82) is 0 Å². The number of benzene rings is 1. The number of halogens is 1. The highest BCUT2D eigenvalue weighted by Gasteiger charge is 2.34. The summed E-state index contributed by atoms with van der Waals surface area (Å²) in [6, 6.07) is 5.53. The monoisotopic (exact) mass is 445 g/mol. The summed E-state index contributed by atoms with van der Waals surface area (Å²) in [5.41, 5.74) is 1.68. The highest BCUT2D eigenvalue weighted by molar-refractivity contribution is 6.11. The van der Waals surface area contributed by atoms with Crippen molar-refractivity contribution in [1.82, 2.24) is 14.6 Å². The average Bonchev–Trinajstić information content (AvgIpc) is 2.99. The zero-order valence-electron chi connectivity index (χ0n) is 18.1. The number of nitrogens with zero attached hydrogens (tertiary/aromatic N) is 4. The van der Waals surface area contributed by atoms with E-state index in [2.05, 4.69) is 10.2 Å².